The second kappa shape index (κ2) is 4.67. The van der Waals surface area contributed by atoms with Gasteiger partial charge in [0.2, 0.25) is 0 Å². The molecule has 0 aromatic carbocycles. The fourth-order valence-corrected chi connectivity index (χ4v) is 1.57. The van der Waals surface area contributed by atoms with Gasteiger partial charge in [-0.05, 0) is 6.92 Å². The Bertz CT molecular complexity index is 429. The molecule has 1 aliphatic rings. The number of likely N-dealkylation sites (N-methyl/N-ethyl adjacent to an activating group) is 1. The van der Waals surface area contributed by atoms with Gasteiger partial charge < -0.3 is 9.47 Å². The van der Waals surface area contributed by atoms with Crippen LogP contribution in [0.2, 0.25) is 0 Å². The predicted molar refractivity (Wildman–Crippen MR) is 52.9 cm³/mol. The lowest BCUT2D eigenvalue weighted by atomic mass is 10.2. The first-order valence-electron chi connectivity index (χ1n) is 4.79. The number of carbonyl (C=O) groups is 1. The molecule has 0 bridgehead atoms. The fraction of sp³-hybridized carbons (Fsp3) is 0.875. The Morgan fingerprint density at radius 1 is 1.50 bits per heavy atom. The SMILES string of the molecule is CN(C(=O)COCC1(C)CO1)S(=O)(=O)C(F)(F)F. The van der Waals surface area contributed by atoms with Gasteiger partial charge in [0.05, 0.1) is 13.2 Å². The van der Waals surface area contributed by atoms with Crippen molar-refractivity contribution in [3.63, 3.8) is 0 Å². The molecule has 0 saturated carbocycles. The minimum absolute atomic E-state index is 0.0125. The Morgan fingerprint density at radius 2 is 2.00 bits per heavy atom. The number of amides is 1. The lowest BCUT2D eigenvalue weighted by Crippen LogP contribution is -2.43. The van der Waals surface area contributed by atoms with Crippen LogP contribution in [0, 0.1) is 0 Å². The molecule has 10 heteroatoms. The molecular weight excluding hydrogens is 279 g/mol. The van der Waals surface area contributed by atoms with Crippen molar-refractivity contribution in [2.45, 2.75) is 18.0 Å². The largest absolute Gasteiger partial charge is 0.516 e. The normalized spacial score (nSPS) is 23.8. The zero-order valence-corrected chi connectivity index (χ0v) is 10.5. The van der Waals surface area contributed by atoms with Crippen LogP contribution in [0.4, 0.5) is 13.2 Å². The average molecular weight is 291 g/mol. The van der Waals surface area contributed by atoms with Crippen LogP contribution in [-0.4, -0.2) is 56.6 Å². The first-order valence-corrected chi connectivity index (χ1v) is 6.23. The molecule has 1 amide bonds. The summed E-state index contributed by atoms with van der Waals surface area (Å²) in [5.41, 5.74) is -6.04. The van der Waals surface area contributed by atoms with Crippen LogP contribution in [-0.2, 0) is 24.3 Å². The van der Waals surface area contributed by atoms with Crippen molar-refractivity contribution in [1.82, 2.24) is 4.31 Å². The van der Waals surface area contributed by atoms with Gasteiger partial charge in [-0.2, -0.15) is 21.6 Å². The first kappa shape index (κ1) is 15.2. The van der Waals surface area contributed by atoms with Crippen molar-refractivity contribution in [3.8, 4) is 0 Å². The van der Waals surface area contributed by atoms with Crippen LogP contribution in [0.5, 0.6) is 0 Å². The van der Waals surface area contributed by atoms with Gasteiger partial charge in [0.15, 0.2) is 0 Å². The number of ether oxygens (including phenoxy) is 2. The number of rotatable bonds is 5. The Kier molecular flexibility index (Phi) is 3.94. The summed E-state index contributed by atoms with van der Waals surface area (Å²) < 4.78 is 67.4. The Hall–Kier alpha value is -0.870. The summed E-state index contributed by atoms with van der Waals surface area (Å²) >= 11 is 0. The Morgan fingerprint density at radius 3 is 2.39 bits per heavy atom. The van der Waals surface area contributed by atoms with E-state index in [-0.39, 0.29) is 10.9 Å². The van der Waals surface area contributed by atoms with Crippen LogP contribution < -0.4 is 0 Å². The summed E-state index contributed by atoms with van der Waals surface area (Å²) in [5.74, 6) is -1.29. The number of epoxide rings is 1. The van der Waals surface area contributed by atoms with E-state index in [1.54, 1.807) is 6.92 Å². The van der Waals surface area contributed by atoms with E-state index in [1.165, 1.54) is 0 Å². The molecule has 6 nitrogen and oxygen atoms in total. The second-order valence-corrected chi connectivity index (χ2v) is 6.00. The highest BCUT2D eigenvalue weighted by atomic mass is 32.2. The molecule has 0 spiro atoms. The summed E-state index contributed by atoms with van der Waals surface area (Å²) in [4.78, 5) is 11.2. The number of nitrogens with zero attached hydrogens (tertiary/aromatic N) is 1. The van der Waals surface area contributed by atoms with E-state index in [9.17, 15) is 26.4 Å². The molecule has 1 saturated heterocycles. The molecule has 18 heavy (non-hydrogen) atoms. The molecule has 0 N–H and O–H groups in total. The smallest absolute Gasteiger partial charge is 0.369 e. The van der Waals surface area contributed by atoms with Gasteiger partial charge in [0.1, 0.15) is 12.2 Å². The van der Waals surface area contributed by atoms with Crippen molar-refractivity contribution in [3.05, 3.63) is 0 Å². The quantitative estimate of drug-likeness (QED) is 0.671. The molecule has 106 valence electrons. The van der Waals surface area contributed by atoms with E-state index in [4.69, 9.17) is 9.47 Å². The maximum atomic E-state index is 12.1. The topological polar surface area (TPSA) is 76.2 Å². The molecule has 1 heterocycles. The summed E-state index contributed by atoms with van der Waals surface area (Å²) in [6.45, 7) is 1.37. The molecule has 0 radical (unpaired) electrons. The summed E-state index contributed by atoms with van der Waals surface area (Å²) in [6.07, 6.45) is 0. The summed E-state index contributed by atoms with van der Waals surface area (Å²) in [5, 5.41) is 0. The number of hydrogen-bond donors (Lipinski definition) is 0. The minimum Gasteiger partial charge on any atom is -0.369 e. The standard InChI is InChI=1S/C8H12F3NO5S/c1-7(5-17-7)4-16-3-6(13)12(2)18(14,15)8(9,10)11/h3-5H2,1-2H3. The van der Waals surface area contributed by atoms with E-state index < -0.39 is 33.6 Å². The van der Waals surface area contributed by atoms with Gasteiger partial charge in [-0.3, -0.25) is 4.79 Å². The van der Waals surface area contributed by atoms with Gasteiger partial charge in [0, 0.05) is 7.05 Å². The van der Waals surface area contributed by atoms with Gasteiger partial charge in [-0.1, -0.05) is 0 Å². The molecule has 1 unspecified atom stereocenters. The average Bonchev–Trinajstić information content (AvgIpc) is 2.93. The number of alkyl halides is 3. The third-order valence-corrected chi connectivity index (χ3v) is 3.78. The number of carbonyl (C=O) groups excluding carboxylic acids is 1. The van der Waals surface area contributed by atoms with Crippen molar-refractivity contribution < 1.29 is 35.9 Å². The lowest BCUT2D eigenvalue weighted by Gasteiger charge is -2.19. The number of halogens is 3. The molecule has 1 fully saturated rings. The number of hydrogen-bond acceptors (Lipinski definition) is 5. The van der Waals surface area contributed by atoms with Crippen LogP contribution in [0.25, 0.3) is 0 Å². The molecular formula is C8H12F3NO5S. The van der Waals surface area contributed by atoms with Crippen LogP contribution in [0.1, 0.15) is 6.92 Å². The van der Waals surface area contributed by atoms with Gasteiger partial charge >= 0.3 is 15.5 Å². The number of sulfonamides is 1. The van der Waals surface area contributed by atoms with Crippen LogP contribution >= 0.6 is 0 Å². The van der Waals surface area contributed by atoms with Gasteiger partial charge in [-0.25, -0.2) is 4.31 Å². The highest BCUT2D eigenvalue weighted by Crippen LogP contribution is 2.27. The van der Waals surface area contributed by atoms with Crippen molar-refractivity contribution in [1.29, 1.82) is 0 Å². The zero-order valence-electron chi connectivity index (χ0n) is 9.65. The zero-order chi connectivity index (χ0) is 14.2. The molecule has 1 aliphatic heterocycles. The molecule has 1 rings (SSSR count). The van der Waals surface area contributed by atoms with E-state index in [2.05, 4.69) is 0 Å². The van der Waals surface area contributed by atoms with Crippen molar-refractivity contribution in [2.75, 3.05) is 26.9 Å². The second-order valence-electron chi connectivity index (χ2n) is 4.04. The van der Waals surface area contributed by atoms with Crippen LogP contribution in [0.15, 0.2) is 0 Å². The molecule has 0 aliphatic carbocycles. The molecule has 0 aromatic heterocycles. The molecule has 1 atom stereocenters. The maximum absolute atomic E-state index is 12.1. The van der Waals surface area contributed by atoms with E-state index >= 15 is 0 Å². The summed E-state index contributed by atoms with van der Waals surface area (Å²) in [6, 6.07) is 0. The van der Waals surface area contributed by atoms with Gasteiger partial charge in [-0.15, -0.1) is 0 Å². The van der Waals surface area contributed by atoms with Crippen molar-refractivity contribution >= 4 is 15.9 Å². The third kappa shape index (κ3) is 3.33. The third-order valence-electron chi connectivity index (χ3n) is 2.27. The van der Waals surface area contributed by atoms with E-state index in [0.29, 0.717) is 13.7 Å². The van der Waals surface area contributed by atoms with Crippen LogP contribution in [0.3, 0.4) is 0 Å². The van der Waals surface area contributed by atoms with Crippen molar-refractivity contribution in [2.24, 2.45) is 0 Å². The first-order chi connectivity index (χ1) is 8.00. The molecule has 0 aromatic rings. The maximum Gasteiger partial charge on any atom is 0.516 e. The lowest BCUT2D eigenvalue weighted by molar-refractivity contribution is -0.132. The highest BCUT2D eigenvalue weighted by molar-refractivity contribution is 7.90. The van der Waals surface area contributed by atoms with Gasteiger partial charge in [0.25, 0.3) is 5.91 Å². The summed E-state index contributed by atoms with van der Waals surface area (Å²) in [7, 11) is -5.12. The minimum atomic E-state index is -5.65. The van der Waals surface area contributed by atoms with E-state index in [1.807, 2.05) is 0 Å². The fourth-order valence-electron chi connectivity index (χ4n) is 0.941. The Balaban J connectivity index is 2.51. The predicted octanol–water partition coefficient (Wildman–Crippen LogP) is 0.0999. The monoisotopic (exact) mass is 291 g/mol. The highest BCUT2D eigenvalue weighted by Gasteiger charge is 2.50. The van der Waals surface area contributed by atoms with E-state index in [0.717, 1.165) is 0 Å². The Labute approximate surface area is 102 Å².